The Balaban J connectivity index is 1.66. The second-order valence-electron chi connectivity index (χ2n) is 4.85. The summed E-state index contributed by atoms with van der Waals surface area (Å²) in [6.45, 7) is -0.484. The SMILES string of the molecule is O=C(O)CONC(=O)CC1CC2CCC1C2. The third-order valence-electron chi connectivity index (χ3n) is 3.71. The van der Waals surface area contributed by atoms with Crippen LogP contribution in [0.4, 0.5) is 0 Å². The third-order valence-corrected chi connectivity index (χ3v) is 3.71. The van der Waals surface area contributed by atoms with Crippen molar-refractivity contribution in [2.24, 2.45) is 17.8 Å². The van der Waals surface area contributed by atoms with E-state index in [2.05, 4.69) is 10.3 Å². The average molecular weight is 227 g/mol. The standard InChI is InChI=1S/C11H17NO4/c13-10(12-16-6-11(14)15)5-9-4-7-1-2-8(9)3-7/h7-9H,1-6H2,(H,12,13)(H,14,15). The lowest BCUT2D eigenvalue weighted by Crippen LogP contribution is -2.29. The van der Waals surface area contributed by atoms with Gasteiger partial charge in [0.15, 0.2) is 6.61 Å². The quantitative estimate of drug-likeness (QED) is 0.685. The fourth-order valence-electron chi connectivity index (χ4n) is 3.08. The Bertz CT molecular complexity index is 292. The molecule has 0 radical (unpaired) electrons. The van der Waals surface area contributed by atoms with Gasteiger partial charge in [-0.2, -0.15) is 0 Å². The molecule has 2 aliphatic carbocycles. The van der Waals surface area contributed by atoms with Gasteiger partial charge in [0, 0.05) is 6.42 Å². The van der Waals surface area contributed by atoms with Crippen LogP contribution in [0.15, 0.2) is 0 Å². The van der Waals surface area contributed by atoms with Gasteiger partial charge in [0.2, 0.25) is 5.91 Å². The van der Waals surface area contributed by atoms with Gasteiger partial charge in [0.1, 0.15) is 0 Å². The van der Waals surface area contributed by atoms with Crippen LogP contribution in [0.2, 0.25) is 0 Å². The summed E-state index contributed by atoms with van der Waals surface area (Å²) in [4.78, 5) is 26.1. The van der Waals surface area contributed by atoms with Gasteiger partial charge in [-0.15, -0.1) is 0 Å². The highest BCUT2D eigenvalue weighted by molar-refractivity contribution is 5.75. The normalized spacial score (nSPS) is 31.6. The largest absolute Gasteiger partial charge is 0.479 e. The summed E-state index contributed by atoms with van der Waals surface area (Å²) in [5.41, 5.74) is 2.18. The van der Waals surface area contributed by atoms with Crippen LogP contribution < -0.4 is 5.48 Å². The smallest absolute Gasteiger partial charge is 0.332 e. The van der Waals surface area contributed by atoms with Crippen LogP contribution >= 0.6 is 0 Å². The van der Waals surface area contributed by atoms with E-state index in [1.54, 1.807) is 0 Å². The molecule has 16 heavy (non-hydrogen) atoms. The number of carbonyl (C=O) groups excluding carboxylic acids is 1. The van der Waals surface area contributed by atoms with E-state index in [1.807, 2.05) is 0 Å². The van der Waals surface area contributed by atoms with Gasteiger partial charge in [-0.05, 0) is 37.0 Å². The first kappa shape index (κ1) is 11.4. The van der Waals surface area contributed by atoms with Crippen molar-refractivity contribution in [1.82, 2.24) is 5.48 Å². The number of rotatable bonds is 5. The van der Waals surface area contributed by atoms with E-state index in [4.69, 9.17) is 5.11 Å². The van der Waals surface area contributed by atoms with Crippen molar-refractivity contribution in [1.29, 1.82) is 0 Å². The van der Waals surface area contributed by atoms with E-state index in [1.165, 1.54) is 19.3 Å². The van der Waals surface area contributed by atoms with Gasteiger partial charge >= 0.3 is 5.97 Å². The Labute approximate surface area is 94.1 Å². The number of fused-ring (bicyclic) bond motifs is 2. The van der Waals surface area contributed by atoms with E-state index in [0.29, 0.717) is 18.3 Å². The topological polar surface area (TPSA) is 75.6 Å². The van der Waals surface area contributed by atoms with E-state index in [-0.39, 0.29) is 5.91 Å². The summed E-state index contributed by atoms with van der Waals surface area (Å²) >= 11 is 0. The van der Waals surface area contributed by atoms with Crippen LogP contribution in [0.3, 0.4) is 0 Å². The predicted molar refractivity (Wildman–Crippen MR) is 55.3 cm³/mol. The number of carboxylic acid groups (broad SMARTS) is 1. The van der Waals surface area contributed by atoms with Gasteiger partial charge in [-0.1, -0.05) is 6.42 Å². The van der Waals surface area contributed by atoms with E-state index >= 15 is 0 Å². The Kier molecular flexibility index (Phi) is 3.43. The minimum Gasteiger partial charge on any atom is -0.479 e. The molecule has 2 rings (SSSR count). The summed E-state index contributed by atoms with van der Waals surface area (Å²) in [5, 5.41) is 8.32. The van der Waals surface area contributed by atoms with Crippen molar-refractivity contribution in [2.75, 3.05) is 6.61 Å². The molecule has 0 aromatic carbocycles. The lowest BCUT2D eigenvalue weighted by molar-refractivity contribution is -0.149. The first-order valence-corrected chi connectivity index (χ1v) is 5.77. The highest BCUT2D eigenvalue weighted by Gasteiger charge is 2.40. The number of amides is 1. The Hall–Kier alpha value is -1.10. The first-order valence-electron chi connectivity index (χ1n) is 5.77. The van der Waals surface area contributed by atoms with Crippen LogP contribution in [0.1, 0.15) is 32.1 Å². The molecule has 2 fully saturated rings. The fraction of sp³-hybridized carbons (Fsp3) is 0.818. The highest BCUT2D eigenvalue weighted by atomic mass is 16.7. The molecule has 90 valence electrons. The Morgan fingerprint density at radius 1 is 1.31 bits per heavy atom. The number of carbonyl (C=O) groups is 2. The molecule has 3 atom stereocenters. The Morgan fingerprint density at radius 2 is 2.12 bits per heavy atom. The maximum absolute atomic E-state index is 11.4. The van der Waals surface area contributed by atoms with Crippen LogP contribution in [0, 0.1) is 17.8 Å². The van der Waals surface area contributed by atoms with Gasteiger partial charge in [0.25, 0.3) is 0 Å². The molecule has 3 unspecified atom stereocenters. The number of nitrogens with one attached hydrogen (secondary N) is 1. The van der Waals surface area contributed by atoms with Gasteiger partial charge in [-0.3, -0.25) is 9.63 Å². The molecule has 5 nitrogen and oxygen atoms in total. The molecule has 2 bridgehead atoms. The summed E-state index contributed by atoms with van der Waals surface area (Å²) in [6.07, 6.45) is 5.46. The van der Waals surface area contributed by atoms with Crippen LogP contribution in [0.5, 0.6) is 0 Å². The molecule has 5 heteroatoms. The van der Waals surface area contributed by atoms with Crippen molar-refractivity contribution in [3.63, 3.8) is 0 Å². The second-order valence-corrected chi connectivity index (χ2v) is 4.85. The molecule has 2 N–H and O–H groups in total. The third kappa shape index (κ3) is 2.72. The molecule has 0 aromatic rings. The van der Waals surface area contributed by atoms with Crippen LogP contribution in [-0.4, -0.2) is 23.6 Å². The molecule has 2 saturated carbocycles. The van der Waals surface area contributed by atoms with Crippen LogP contribution in [0.25, 0.3) is 0 Å². The zero-order valence-corrected chi connectivity index (χ0v) is 9.15. The lowest BCUT2D eigenvalue weighted by Gasteiger charge is -2.20. The van der Waals surface area contributed by atoms with Crippen LogP contribution in [-0.2, 0) is 14.4 Å². The number of hydrogen-bond acceptors (Lipinski definition) is 3. The number of hydrogen-bond donors (Lipinski definition) is 2. The minimum atomic E-state index is -1.08. The van der Waals surface area contributed by atoms with E-state index in [0.717, 1.165) is 12.3 Å². The van der Waals surface area contributed by atoms with E-state index < -0.39 is 12.6 Å². The fourth-order valence-corrected chi connectivity index (χ4v) is 3.08. The molecule has 0 spiro atoms. The van der Waals surface area contributed by atoms with Gasteiger partial charge < -0.3 is 5.11 Å². The summed E-state index contributed by atoms with van der Waals surface area (Å²) in [6, 6.07) is 0. The monoisotopic (exact) mass is 227 g/mol. The van der Waals surface area contributed by atoms with Crippen molar-refractivity contribution in [3.05, 3.63) is 0 Å². The molecular formula is C11H17NO4. The molecule has 0 saturated heterocycles. The minimum absolute atomic E-state index is 0.196. The maximum Gasteiger partial charge on any atom is 0.332 e. The highest BCUT2D eigenvalue weighted by Crippen LogP contribution is 2.49. The molecule has 0 aliphatic heterocycles. The molecule has 0 aromatic heterocycles. The molecule has 1 amide bonds. The van der Waals surface area contributed by atoms with E-state index in [9.17, 15) is 9.59 Å². The zero-order chi connectivity index (χ0) is 11.5. The average Bonchev–Trinajstić information content (AvgIpc) is 2.78. The molecule has 0 heterocycles. The predicted octanol–water partition coefficient (Wildman–Crippen LogP) is 0.945. The maximum atomic E-state index is 11.4. The summed E-state index contributed by atoms with van der Waals surface area (Å²) in [5.74, 6) is 0.726. The number of carboxylic acids is 1. The summed E-state index contributed by atoms with van der Waals surface area (Å²) in [7, 11) is 0. The Morgan fingerprint density at radius 3 is 2.69 bits per heavy atom. The molecule has 2 aliphatic rings. The summed E-state index contributed by atoms with van der Waals surface area (Å²) < 4.78 is 0. The number of aliphatic carboxylic acids is 1. The van der Waals surface area contributed by atoms with Crippen molar-refractivity contribution < 1.29 is 19.5 Å². The lowest BCUT2D eigenvalue weighted by atomic mass is 9.86. The second kappa shape index (κ2) is 4.82. The van der Waals surface area contributed by atoms with Gasteiger partial charge in [-0.25, -0.2) is 10.3 Å². The zero-order valence-electron chi connectivity index (χ0n) is 9.15. The van der Waals surface area contributed by atoms with Crippen molar-refractivity contribution in [2.45, 2.75) is 32.1 Å². The molecular weight excluding hydrogens is 210 g/mol. The number of hydroxylamine groups is 1. The first-order chi connectivity index (χ1) is 7.65. The van der Waals surface area contributed by atoms with Crippen molar-refractivity contribution >= 4 is 11.9 Å². The van der Waals surface area contributed by atoms with Crippen molar-refractivity contribution in [3.8, 4) is 0 Å². The van der Waals surface area contributed by atoms with Gasteiger partial charge in [0.05, 0.1) is 0 Å².